The van der Waals surface area contributed by atoms with Crippen molar-refractivity contribution >= 4 is 38.3 Å². The zero-order valence-corrected chi connectivity index (χ0v) is 15.9. The molecule has 7 heteroatoms. The molecular formula is C19H18BrFN4O. The van der Waals surface area contributed by atoms with E-state index in [4.69, 9.17) is 4.74 Å². The average Bonchev–Trinajstić information content (AvgIpc) is 2.67. The molecule has 0 aliphatic carbocycles. The van der Waals surface area contributed by atoms with Crippen molar-refractivity contribution in [2.24, 2.45) is 0 Å². The van der Waals surface area contributed by atoms with Crippen molar-refractivity contribution in [1.82, 2.24) is 9.97 Å². The van der Waals surface area contributed by atoms with Crippen molar-refractivity contribution in [1.29, 1.82) is 0 Å². The Hall–Kier alpha value is -2.41. The summed E-state index contributed by atoms with van der Waals surface area (Å²) in [4.78, 5) is 13.5. The van der Waals surface area contributed by atoms with E-state index in [1.807, 2.05) is 18.3 Å². The lowest BCUT2D eigenvalue weighted by Gasteiger charge is -2.38. The van der Waals surface area contributed by atoms with E-state index in [-0.39, 0.29) is 5.82 Å². The Morgan fingerprint density at radius 3 is 2.46 bits per heavy atom. The first-order chi connectivity index (χ1) is 12.7. The molecule has 1 saturated heterocycles. The van der Waals surface area contributed by atoms with Crippen LogP contribution < -0.4 is 14.5 Å². The molecule has 0 unspecified atom stereocenters. The summed E-state index contributed by atoms with van der Waals surface area (Å²) in [5, 5.41) is 0. The summed E-state index contributed by atoms with van der Waals surface area (Å²) >= 11 is 3.44. The van der Waals surface area contributed by atoms with Crippen molar-refractivity contribution < 1.29 is 9.13 Å². The fourth-order valence-corrected chi connectivity index (χ4v) is 3.67. The molecule has 1 aliphatic rings. The Morgan fingerprint density at radius 2 is 1.73 bits per heavy atom. The fraction of sp³-hybridized carbons (Fsp3) is 0.263. The molecule has 0 N–H and O–H groups in total. The maximum atomic E-state index is 13.4. The maximum Gasteiger partial charge on any atom is 0.145 e. The van der Waals surface area contributed by atoms with Gasteiger partial charge in [0.15, 0.2) is 0 Å². The molecule has 4 rings (SSSR count). The second-order valence-corrected chi connectivity index (χ2v) is 7.06. The van der Waals surface area contributed by atoms with E-state index < -0.39 is 0 Å². The molecule has 3 heterocycles. The van der Waals surface area contributed by atoms with Gasteiger partial charge in [0, 0.05) is 49.1 Å². The molecule has 3 aromatic rings. The number of pyridine rings is 2. The third-order valence-corrected chi connectivity index (χ3v) is 5.06. The van der Waals surface area contributed by atoms with E-state index in [1.54, 1.807) is 19.4 Å². The minimum atomic E-state index is -0.287. The summed E-state index contributed by atoms with van der Waals surface area (Å²) in [5.41, 5.74) is 3.80. The maximum absolute atomic E-state index is 13.4. The highest BCUT2D eigenvalue weighted by Crippen LogP contribution is 2.31. The lowest BCUT2D eigenvalue weighted by molar-refractivity contribution is 0.410. The van der Waals surface area contributed by atoms with Crippen LogP contribution in [0.25, 0.3) is 11.0 Å². The number of ether oxygens (including phenoxy) is 1. The van der Waals surface area contributed by atoms with Crippen LogP contribution in [0.3, 0.4) is 0 Å². The quantitative estimate of drug-likeness (QED) is 0.648. The van der Waals surface area contributed by atoms with Crippen LogP contribution in [0.5, 0.6) is 5.75 Å². The number of hydrogen-bond acceptors (Lipinski definition) is 5. The molecule has 5 nitrogen and oxygen atoms in total. The second-order valence-electron chi connectivity index (χ2n) is 6.14. The number of fused-ring (bicyclic) bond motifs is 1. The van der Waals surface area contributed by atoms with Crippen LogP contribution in [-0.4, -0.2) is 43.3 Å². The van der Waals surface area contributed by atoms with E-state index in [2.05, 4.69) is 35.7 Å². The van der Waals surface area contributed by atoms with Gasteiger partial charge in [-0.1, -0.05) is 0 Å². The molecule has 0 radical (unpaired) electrons. The van der Waals surface area contributed by atoms with Crippen molar-refractivity contribution in [3.63, 3.8) is 0 Å². The second kappa shape index (κ2) is 7.07. The van der Waals surface area contributed by atoms with Crippen LogP contribution in [0.1, 0.15) is 0 Å². The summed E-state index contributed by atoms with van der Waals surface area (Å²) in [6.45, 7) is 3.33. The van der Waals surface area contributed by atoms with Crippen molar-refractivity contribution in [3.8, 4) is 5.75 Å². The van der Waals surface area contributed by atoms with E-state index in [0.29, 0.717) is 5.75 Å². The lowest BCUT2D eigenvalue weighted by Crippen LogP contribution is -2.46. The molecule has 0 amide bonds. The van der Waals surface area contributed by atoms with Gasteiger partial charge in [-0.2, -0.15) is 0 Å². The topological polar surface area (TPSA) is 41.5 Å². The largest absolute Gasteiger partial charge is 0.494 e. The predicted molar refractivity (Wildman–Crippen MR) is 105 cm³/mol. The third kappa shape index (κ3) is 3.19. The van der Waals surface area contributed by atoms with Gasteiger partial charge in [-0.15, -0.1) is 0 Å². The SMILES string of the molecule is COc1cc(F)ccc1N1CCN(c2ccnc3cc(Br)cnc23)CC1. The van der Waals surface area contributed by atoms with Crippen molar-refractivity contribution in [3.05, 3.63) is 53.0 Å². The van der Waals surface area contributed by atoms with E-state index in [1.165, 1.54) is 12.1 Å². The summed E-state index contributed by atoms with van der Waals surface area (Å²) < 4.78 is 19.7. The van der Waals surface area contributed by atoms with Crippen LogP contribution >= 0.6 is 15.9 Å². The zero-order chi connectivity index (χ0) is 18.1. The third-order valence-electron chi connectivity index (χ3n) is 4.63. The number of aromatic nitrogens is 2. The average molecular weight is 417 g/mol. The monoisotopic (exact) mass is 416 g/mol. The lowest BCUT2D eigenvalue weighted by atomic mass is 10.2. The van der Waals surface area contributed by atoms with Gasteiger partial charge >= 0.3 is 0 Å². The fourth-order valence-electron chi connectivity index (χ4n) is 3.35. The van der Waals surface area contributed by atoms with Crippen molar-refractivity contribution in [2.75, 3.05) is 43.1 Å². The van der Waals surface area contributed by atoms with Crippen LogP contribution in [0.2, 0.25) is 0 Å². The molecule has 1 fully saturated rings. The van der Waals surface area contributed by atoms with Crippen LogP contribution in [-0.2, 0) is 0 Å². The first-order valence-corrected chi connectivity index (χ1v) is 9.19. The van der Waals surface area contributed by atoms with Gasteiger partial charge in [0.2, 0.25) is 0 Å². The van der Waals surface area contributed by atoms with Gasteiger partial charge in [-0.05, 0) is 40.2 Å². The van der Waals surface area contributed by atoms with Gasteiger partial charge in [-0.3, -0.25) is 9.97 Å². The minimum absolute atomic E-state index is 0.287. The highest BCUT2D eigenvalue weighted by atomic mass is 79.9. The summed E-state index contributed by atoms with van der Waals surface area (Å²) in [6, 6.07) is 8.68. The Morgan fingerprint density at radius 1 is 1.00 bits per heavy atom. The van der Waals surface area contributed by atoms with Gasteiger partial charge in [0.25, 0.3) is 0 Å². The van der Waals surface area contributed by atoms with Crippen LogP contribution in [0, 0.1) is 5.82 Å². The Bertz CT molecular complexity index is 944. The molecule has 0 bridgehead atoms. The summed E-state index contributed by atoms with van der Waals surface area (Å²) in [7, 11) is 1.57. The molecule has 1 aliphatic heterocycles. The predicted octanol–water partition coefficient (Wildman–Crippen LogP) is 3.87. The first-order valence-electron chi connectivity index (χ1n) is 8.39. The standard InChI is InChI=1S/C19H18BrFN4O/c1-26-18-11-14(21)2-3-16(18)24-6-8-25(9-7-24)17-4-5-22-15-10-13(20)12-23-19(15)17/h2-5,10-12H,6-9H2,1H3. The summed E-state index contributed by atoms with van der Waals surface area (Å²) in [6.07, 6.45) is 3.62. The number of piperazine rings is 1. The Labute approximate surface area is 159 Å². The molecule has 0 saturated carbocycles. The normalized spacial score (nSPS) is 14.7. The number of anilines is 2. The van der Waals surface area contributed by atoms with Gasteiger partial charge in [-0.25, -0.2) is 4.39 Å². The molecule has 0 atom stereocenters. The van der Waals surface area contributed by atoms with Gasteiger partial charge in [0.05, 0.1) is 24.0 Å². The number of benzene rings is 1. The minimum Gasteiger partial charge on any atom is -0.494 e. The molecule has 2 aromatic heterocycles. The van der Waals surface area contributed by atoms with Gasteiger partial charge in [0.1, 0.15) is 17.1 Å². The molecule has 0 spiro atoms. The zero-order valence-electron chi connectivity index (χ0n) is 14.3. The molecule has 134 valence electrons. The van der Waals surface area contributed by atoms with E-state index in [0.717, 1.165) is 53.1 Å². The molecule has 26 heavy (non-hydrogen) atoms. The number of hydrogen-bond donors (Lipinski definition) is 0. The van der Waals surface area contributed by atoms with E-state index >= 15 is 0 Å². The van der Waals surface area contributed by atoms with Gasteiger partial charge < -0.3 is 14.5 Å². The summed E-state index contributed by atoms with van der Waals surface area (Å²) in [5.74, 6) is 0.282. The first kappa shape index (κ1) is 17.0. The van der Waals surface area contributed by atoms with E-state index in [9.17, 15) is 4.39 Å². The molecule has 1 aromatic carbocycles. The highest BCUT2D eigenvalue weighted by Gasteiger charge is 2.22. The Balaban J connectivity index is 1.56. The Kier molecular flexibility index (Phi) is 4.63. The molecular weight excluding hydrogens is 399 g/mol. The number of rotatable bonds is 3. The number of nitrogens with zero attached hydrogens (tertiary/aromatic N) is 4. The van der Waals surface area contributed by atoms with Crippen molar-refractivity contribution in [2.45, 2.75) is 0 Å². The highest BCUT2D eigenvalue weighted by molar-refractivity contribution is 9.10. The smallest absolute Gasteiger partial charge is 0.145 e. The number of halogens is 2. The van der Waals surface area contributed by atoms with Crippen LogP contribution in [0.4, 0.5) is 15.8 Å². The number of methoxy groups -OCH3 is 1. The van der Waals surface area contributed by atoms with Crippen LogP contribution in [0.15, 0.2) is 47.2 Å².